The Bertz CT molecular complexity index is 1570. The normalized spacial score (nSPS) is 19.6. The van der Waals surface area contributed by atoms with Crippen LogP contribution in [0.1, 0.15) is 219 Å². The molecule has 4 N–H and O–H groups in total. The van der Waals surface area contributed by atoms with Crippen molar-refractivity contribution in [2.24, 2.45) is 0 Å². The van der Waals surface area contributed by atoms with Crippen LogP contribution >= 0.6 is 0 Å². The fourth-order valence-corrected chi connectivity index (χ4v) is 8.77. The number of hydrogen-bond donors (Lipinski definition) is 4. The molecule has 0 spiro atoms. The maximum Gasteiger partial charge on any atom is 0.397 e. The summed E-state index contributed by atoms with van der Waals surface area (Å²) in [5.74, 6) is -0.408. The summed E-state index contributed by atoms with van der Waals surface area (Å²) in [7, 11) is -5.07. The summed E-state index contributed by atoms with van der Waals surface area (Å²) in [6.45, 7) is 3.86. The van der Waals surface area contributed by atoms with Crippen molar-refractivity contribution in [3.05, 3.63) is 85.1 Å². The largest absolute Gasteiger partial charge is 0.457 e. The van der Waals surface area contributed by atoms with E-state index in [2.05, 4.69) is 103 Å². The van der Waals surface area contributed by atoms with E-state index in [1.165, 1.54) is 103 Å². The maximum atomic E-state index is 13.0. The van der Waals surface area contributed by atoms with Gasteiger partial charge in [-0.2, -0.15) is 8.42 Å². The highest BCUT2D eigenvalue weighted by Gasteiger charge is 2.48. The first kappa shape index (κ1) is 67.3. The van der Waals surface area contributed by atoms with Crippen molar-refractivity contribution >= 4 is 16.4 Å². The summed E-state index contributed by atoms with van der Waals surface area (Å²) in [5, 5.41) is 30.8. The lowest BCUT2D eigenvalue weighted by atomic mass is 9.99. The van der Waals surface area contributed by atoms with Crippen LogP contribution in [0.2, 0.25) is 0 Å². The molecule has 6 atom stereocenters. The number of aliphatic hydroxyl groups excluding tert-OH is 3. The molecule has 12 nitrogen and oxygen atoms in total. The van der Waals surface area contributed by atoms with Crippen LogP contribution in [0.5, 0.6) is 0 Å². The molecule has 13 heteroatoms. The molecule has 416 valence electrons. The smallest absolute Gasteiger partial charge is 0.397 e. The lowest BCUT2D eigenvalue weighted by Gasteiger charge is -2.41. The quantitative estimate of drug-likeness (QED) is 0.0196. The van der Waals surface area contributed by atoms with Gasteiger partial charge in [0.25, 0.3) is 0 Å². The third kappa shape index (κ3) is 41.6. The van der Waals surface area contributed by atoms with Crippen LogP contribution in [-0.2, 0) is 38.3 Å². The summed E-state index contributed by atoms with van der Waals surface area (Å²) >= 11 is 0. The number of carbonyl (C=O) groups excluding carboxylic acids is 1. The molecule has 0 saturated carbocycles. The van der Waals surface area contributed by atoms with Gasteiger partial charge in [-0.25, -0.2) is 4.18 Å². The van der Waals surface area contributed by atoms with Crippen molar-refractivity contribution in [2.45, 2.75) is 256 Å². The molecule has 6 unspecified atom stereocenters. The van der Waals surface area contributed by atoms with E-state index < -0.39 is 59.8 Å². The highest BCUT2D eigenvalue weighted by atomic mass is 32.3. The Labute approximate surface area is 438 Å². The summed E-state index contributed by atoms with van der Waals surface area (Å²) in [6.07, 6.45) is 57.5. The average Bonchev–Trinajstić information content (AvgIpc) is 3.36. The first-order chi connectivity index (χ1) is 35.1. The van der Waals surface area contributed by atoms with Crippen molar-refractivity contribution in [3.63, 3.8) is 0 Å². The molecule has 1 rings (SSSR count). The molecular formula is C59H102O12S. The van der Waals surface area contributed by atoms with Gasteiger partial charge < -0.3 is 34.3 Å². The van der Waals surface area contributed by atoms with E-state index in [1.54, 1.807) is 0 Å². The monoisotopic (exact) mass is 1030 g/mol. The van der Waals surface area contributed by atoms with E-state index in [0.29, 0.717) is 13.0 Å². The average molecular weight is 1040 g/mol. The number of rotatable bonds is 49. The van der Waals surface area contributed by atoms with Crippen molar-refractivity contribution in [2.75, 3.05) is 26.4 Å². The molecule has 1 saturated heterocycles. The lowest BCUT2D eigenvalue weighted by Crippen LogP contribution is -2.60. The number of aliphatic hydroxyl groups is 3. The molecule has 1 aliphatic rings. The number of esters is 1. The fraction of sp³-hybridized carbons (Fsp3) is 0.746. The van der Waals surface area contributed by atoms with E-state index >= 15 is 0 Å². The summed E-state index contributed by atoms with van der Waals surface area (Å²) in [4.78, 5) is 13.0. The summed E-state index contributed by atoms with van der Waals surface area (Å²) in [5.41, 5.74) is 0. The Morgan fingerprint density at radius 3 is 1.40 bits per heavy atom. The van der Waals surface area contributed by atoms with E-state index in [0.717, 1.165) is 89.9 Å². The van der Waals surface area contributed by atoms with Gasteiger partial charge in [0.05, 0.1) is 19.8 Å². The Kier molecular flexibility index (Phi) is 46.0. The van der Waals surface area contributed by atoms with Crippen molar-refractivity contribution in [1.82, 2.24) is 0 Å². The Morgan fingerprint density at radius 2 is 0.958 bits per heavy atom. The molecule has 1 aliphatic heterocycles. The van der Waals surface area contributed by atoms with Crippen LogP contribution in [0.15, 0.2) is 85.1 Å². The van der Waals surface area contributed by atoms with Crippen molar-refractivity contribution < 1.29 is 56.2 Å². The minimum atomic E-state index is -5.07. The molecule has 0 aliphatic carbocycles. The van der Waals surface area contributed by atoms with Crippen LogP contribution in [0.25, 0.3) is 0 Å². The second-order valence-electron chi connectivity index (χ2n) is 19.1. The van der Waals surface area contributed by atoms with Gasteiger partial charge in [0, 0.05) is 13.0 Å². The molecule has 0 aromatic carbocycles. The molecule has 0 radical (unpaired) electrons. The molecular weight excluding hydrogens is 933 g/mol. The van der Waals surface area contributed by atoms with Gasteiger partial charge in [-0.05, 0) is 89.9 Å². The number of allylic oxidation sites excluding steroid dienone is 14. The van der Waals surface area contributed by atoms with Crippen LogP contribution in [0, 0.1) is 0 Å². The zero-order chi connectivity index (χ0) is 52.4. The fourth-order valence-electron chi connectivity index (χ4n) is 8.26. The molecule has 0 aromatic rings. The highest BCUT2D eigenvalue weighted by Crippen LogP contribution is 2.26. The predicted molar refractivity (Wildman–Crippen MR) is 294 cm³/mol. The lowest BCUT2D eigenvalue weighted by molar-refractivity contribution is -0.301. The topological polar surface area (TPSA) is 178 Å². The Balaban J connectivity index is 2.33. The maximum absolute atomic E-state index is 13.0. The zero-order valence-corrected chi connectivity index (χ0v) is 45.8. The number of ether oxygens (including phenoxy) is 4. The molecule has 0 amide bonds. The van der Waals surface area contributed by atoms with Crippen molar-refractivity contribution in [1.29, 1.82) is 0 Å². The Hall–Kier alpha value is -2.72. The minimum Gasteiger partial charge on any atom is -0.457 e. The van der Waals surface area contributed by atoms with E-state index in [-0.39, 0.29) is 19.6 Å². The zero-order valence-electron chi connectivity index (χ0n) is 45.0. The summed E-state index contributed by atoms with van der Waals surface area (Å²) in [6, 6.07) is 0. The number of hydrogen-bond acceptors (Lipinski definition) is 11. The third-order valence-corrected chi connectivity index (χ3v) is 13.0. The first-order valence-corrected chi connectivity index (χ1v) is 29.7. The van der Waals surface area contributed by atoms with Gasteiger partial charge in [-0.15, -0.1) is 0 Å². The van der Waals surface area contributed by atoms with Gasteiger partial charge in [-0.1, -0.05) is 208 Å². The van der Waals surface area contributed by atoms with E-state index in [1.807, 2.05) is 0 Å². The molecule has 1 heterocycles. The standard InChI is InChI=1S/C59H102O12S/c1-3-5-7-9-11-13-15-17-19-21-23-25-26-27-29-31-33-35-37-39-41-43-45-47-49-67-51-53(52-68-59-57(63)58(71-72(64,65)66)56(62)54(50-60)70-59)69-55(61)48-46-44-42-40-38-36-34-32-30-28-24-22-20-18-16-14-12-10-8-6-4-2/h5,7,11,13,16-19,22-25,27,29,53-54,56-60,62-63H,3-4,6,8-10,12,14-15,20-21,26,28,30-52H2,1-2H3,(H,64,65,66)/b7-5-,13-11-,18-16-,19-17-,24-22-,25-23-,29-27-. The third-order valence-electron chi connectivity index (χ3n) is 12.5. The van der Waals surface area contributed by atoms with Gasteiger partial charge in [0.2, 0.25) is 0 Å². The summed E-state index contributed by atoms with van der Waals surface area (Å²) < 4.78 is 59.4. The van der Waals surface area contributed by atoms with Crippen LogP contribution in [0.3, 0.4) is 0 Å². The second-order valence-corrected chi connectivity index (χ2v) is 20.2. The van der Waals surface area contributed by atoms with E-state index in [4.69, 9.17) is 18.9 Å². The molecule has 0 aromatic heterocycles. The van der Waals surface area contributed by atoms with Gasteiger partial charge >= 0.3 is 16.4 Å². The predicted octanol–water partition coefficient (Wildman–Crippen LogP) is 14.0. The number of unbranched alkanes of at least 4 members (excludes halogenated alkanes) is 22. The molecule has 72 heavy (non-hydrogen) atoms. The van der Waals surface area contributed by atoms with Crippen LogP contribution in [-0.4, -0.2) is 97.5 Å². The second kappa shape index (κ2) is 49.2. The van der Waals surface area contributed by atoms with Gasteiger partial charge in [0.1, 0.15) is 30.5 Å². The minimum absolute atomic E-state index is 0.0242. The van der Waals surface area contributed by atoms with Crippen LogP contribution in [0.4, 0.5) is 0 Å². The van der Waals surface area contributed by atoms with Crippen molar-refractivity contribution in [3.8, 4) is 0 Å². The molecule has 1 fully saturated rings. The Morgan fingerprint density at radius 1 is 0.542 bits per heavy atom. The highest BCUT2D eigenvalue weighted by molar-refractivity contribution is 7.80. The SMILES string of the molecule is CC/C=C\C/C=C\C/C=C\C/C=C\C/C=C\CCCCCCCCCCOCC(COC1OC(CO)C(O)C(OS(=O)(=O)O)C1O)OC(=O)CCCCCCCCCCC/C=C\C/C=C\CCCCCCC. The van der Waals surface area contributed by atoms with E-state index in [9.17, 15) is 33.1 Å². The van der Waals surface area contributed by atoms with Crippen LogP contribution < -0.4 is 0 Å². The van der Waals surface area contributed by atoms with Gasteiger partial charge in [0.15, 0.2) is 6.29 Å². The number of carbonyl (C=O) groups is 1. The van der Waals surface area contributed by atoms with Gasteiger partial charge in [-0.3, -0.25) is 9.35 Å². The molecule has 0 bridgehead atoms. The first-order valence-electron chi connectivity index (χ1n) is 28.3.